The number of anilines is 1. The van der Waals surface area contributed by atoms with Crippen molar-refractivity contribution in [2.75, 3.05) is 11.9 Å². The summed E-state index contributed by atoms with van der Waals surface area (Å²) in [7, 11) is 0. The van der Waals surface area contributed by atoms with E-state index in [-0.39, 0.29) is 18.5 Å². The van der Waals surface area contributed by atoms with E-state index < -0.39 is 0 Å². The first kappa shape index (κ1) is 13.3. The summed E-state index contributed by atoms with van der Waals surface area (Å²) < 4.78 is 0. The zero-order valence-electron chi connectivity index (χ0n) is 9.75. The lowest BCUT2D eigenvalue weighted by Crippen LogP contribution is -2.34. The Morgan fingerprint density at radius 3 is 2.82 bits per heavy atom. The van der Waals surface area contributed by atoms with Gasteiger partial charge in [0.25, 0.3) is 0 Å². The number of rotatable bonds is 4. The van der Waals surface area contributed by atoms with E-state index in [9.17, 15) is 4.79 Å². The zero-order valence-corrected chi connectivity index (χ0v) is 10.5. The topological polar surface area (TPSA) is 64.9 Å². The minimum Gasteiger partial charge on any atom is -0.375 e. The number of nitrogens with one attached hydrogen (secondary N) is 2. The molecule has 0 unspecified atom stereocenters. The van der Waals surface area contributed by atoms with Crippen LogP contribution in [0.2, 0.25) is 5.02 Å². The average molecular weight is 252 g/mol. The van der Waals surface area contributed by atoms with Crippen molar-refractivity contribution in [3.63, 3.8) is 0 Å². The number of amides is 1. The SMILES string of the molecule is CC(C)NC(=O)CNc1ccc(Cl)cc1C#N. The molecule has 1 aromatic carbocycles. The van der Waals surface area contributed by atoms with Crippen molar-refractivity contribution >= 4 is 23.2 Å². The summed E-state index contributed by atoms with van der Waals surface area (Å²) in [6.45, 7) is 3.91. The van der Waals surface area contributed by atoms with Crippen LogP contribution in [0.4, 0.5) is 5.69 Å². The Hall–Kier alpha value is -1.73. The van der Waals surface area contributed by atoms with Gasteiger partial charge in [0.2, 0.25) is 5.91 Å². The standard InChI is InChI=1S/C12H14ClN3O/c1-8(2)16-12(17)7-15-11-4-3-10(13)5-9(11)6-14/h3-5,8,15H,7H2,1-2H3,(H,16,17). The molecule has 0 aliphatic carbocycles. The molecule has 5 heteroatoms. The van der Waals surface area contributed by atoms with Crippen molar-refractivity contribution in [1.29, 1.82) is 5.26 Å². The molecule has 1 rings (SSSR count). The lowest BCUT2D eigenvalue weighted by atomic mass is 10.2. The van der Waals surface area contributed by atoms with Gasteiger partial charge in [0.05, 0.1) is 17.8 Å². The predicted octanol–water partition coefficient (Wildman–Crippen LogP) is 2.15. The molecule has 0 spiro atoms. The Balaban J connectivity index is 2.64. The second-order valence-electron chi connectivity index (χ2n) is 3.88. The Labute approximate surface area is 106 Å². The molecule has 1 amide bonds. The summed E-state index contributed by atoms with van der Waals surface area (Å²) >= 11 is 5.77. The molecule has 4 nitrogen and oxygen atoms in total. The van der Waals surface area contributed by atoms with E-state index in [1.807, 2.05) is 19.9 Å². The van der Waals surface area contributed by atoms with Gasteiger partial charge in [-0.25, -0.2) is 0 Å². The summed E-state index contributed by atoms with van der Waals surface area (Å²) in [5.41, 5.74) is 1.03. The lowest BCUT2D eigenvalue weighted by Gasteiger charge is -2.11. The van der Waals surface area contributed by atoms with Gasteiger partial charge in [-0.15, -0.1) is 0 Å². The minimum absolute atomic E-state index is 0.102. The monoisotopic (exact) mass is 251 g/mol. The van der Waals surface area contributed by atoms with Gasteiger partial charge < -0.3 is 10.6 Å². The highest BCUT2D eigenvalue weighted by Gasteiger charge is 2.06. The van der Waals surface area contributed by atoms with Gasteiger partial charge in [0.15, 0.2) is 0 Å². The van der Waals surface area contributed by atoms with Crippen LogP contribution in [-0.2, 0) is 4.79 Å². The normalized spacial score (nSPS) is 9.82. The van der Waals surface area contributed by atoms with Crippen molar-refractivity contribution < 1.29 is 4.79 Å². The van der Waals surface area contributed by atoms with Gasteiger partial charge in [-0.1, -0.05) is 11.6 Å². The van der Waals surface area contributed by atoms with Gasteiger partial charge in [0.1, 0.15) is 6.07 Å². The van der Waals surface area contributed by atoms with Crippen molar-refractivity contribution in [2.24, 2.45) is 0 Å². The molecule has 0 bridgehead atoms. The summed E-state index contributed by atoms with van der Waals surface area (Å²) in [5, 5.41) is 15.1. The smallest absolute Gasteiger partial charge is 0.239 e. The summed E-state index contributed by atoms with van der Waals surface area (Å²) in [5.74, 6) is -0.112. The first-order chi connectivity index (χ1) is 8.02. The van der Waals surface area contributed by atoms with E-state index in [1.54, 1.807) is 18.2 Å². The van der Waals surface area contributed by atoms with Crippen LogP contribution in [0.15, 0.2) is 18.2 Å². The van der Waals surface area contributed by atoms with Crippen molar-refractivity contribution in [2.45, 2.75) is 19.9 Å². The van der Waals surface area contributed by atoms with Crippen LogP contribution in [0.25, 0.3) is 0 Å². The fourth-order valence-corrected chi connectivity index (χ4v) is 1.48. The van der Waals surface area contributed by atoms with Crippen LogP contribution in [0.5, 0.6) is 0 Å². The van der Waals surface area contributed by atoms with Gasteiger partial charge in [0, 0.05) is 11.1 Å². The van der Waals surface area contributed by atoms with Crippen molar-refractivity contribution in [3.05, 3.63) is 28.8 Å². The summed E-state index contributed by atoms with van der Waals surface area (Å²) in [6, 6.07) is 7.04. The number of nitrogens with zero attached hydrogens (tertiary/aromatic N) is 1. The summed E-state index contributed by atoms with van der Waals surface area (Å²) in [6.07, 6.45) is 0. The first-order valence-electron chi connectivity index (χ1n) is 5.26. The summed E-state index contributed by atoms with van der Waals surface area (Å²) in [4.78, 5) is 11.4. The van der Waals surface area contributed by atoms with E-state index >= 15 is 0 Å². The molecule has 1 aromatic rings. The Morgan fingerprint density at radius 2 is 2.24 bits per heavy atom. The number of carbonyl (C=O) groups excluding carboxylic acids is 1. The maximum Gasteiger partial charge on any atom is 0.239 e. The predicted molar refractivity (Wildman–Crippen MR) is 67.9 cm³/mol. The van der Waals surface area contributed by atoms with Crippen LogP contribution in [0, 0.1) is 11.3 Å². The maximum absolute atomic E-state index is 11.4. The third kappa shape index (κ3) is 4.33. The van der Waals surface area contributed by atoms with Gasteiger partial charge in [-0.05, 0) is 32.0 Å². The molecular formula is C12H14ClN3O. The Bertz CT molecular complexity index is 452. The number of halogens is 1. The average Bonchev–Trinajstić information content (AvgIpc) is 2.26. The molecule has 2 N–H and O–H groups in total. The molecule has 0 fully saturated rings. The minimum atomic E-state index is -0.112. The zero-order chi connectivity index (χ0) is 12.8. The fraction of sp³-hybridized carbons (Fsp3) is 0.333. The second kappa shape index (κ2) is 6.12. The highest BCUT2D eigenvalue weighted by Crippen LogP contribution is 2.19. The Kier molecular flexibility index (Phi) is 4.80. The van der Waals surface area contributed by atoms with Gasteiger partial charge in [-0.2, -0.15) is 5.26 Å². The fourth-order valence-electron chi connectivity index (χ4n) is 1.31. The molecule has 0 saturated heterocycles. The molecule has 0 aromatic heterocycles. The van der Waals surface area contributed by atoms with E-state index in [4.69, 9.17) is 16.9 Å². The van der Waals surface area contributed by atoms with Crippen LogP contribution in [-0.4, -0.2) is 18.5 Å². The first-order valence-corrected chi connectivity index (χ1v) is 5.63. The number of hydrogen-bond donors (Lipinski definition) is 2. The highest BCUT2D eigenvalue weighted by molar-refractivity contribution is 6.30. The maximum atomic E-state index is 11.4. The number of hydrogen-bond acceptors (Lipinski definition) is 3. The number of nitriles is 1. The van der Waals surface area contributed by atoms with E-state index in [0.29, 0.717) is 16.3 Å². The quantitative estimate of drug-likeness (QED) is 0.862. The van der Waals surface area contributed by atoms with Crippen molar-refractivity contribution in [3.8, 4) is 6.07 Å². The van der Waals surface area contributed by atoms with E-state index in [1.165, 1.54) is 0 Å². The van der Waals surface area contributed by atoms with E-state index in [2.05, 4.69) is 10.6 Å². The van der Waals surface area contributed by atoms with E-state index in [0.717, 1.165) is 0 Å². The second-order valence-corrected chi connectivity index (χ2v) is 4.31. The van der Waals surface area contributed by atoms with Crippen LogP contribution >= 0.6 is 11.6 Å². The molecule has 0 heterocycles. The number of carbonyl (C=O) groups is 1. The molecule has 17 heavy (non-hydrogen) atoms. The molecule has 0 saturated carbocycles. The molecule has 90 valence electrons. The molecule has 0 aliphatic heterocycles. The Morgan fingerprint density at radius 1 is 1.53 bits per heavy atom. The largest absolute Gasteiger partial charge is 0.375 e. The van der Waals surface area contributed by atoms with Crippen LogP contribution in [0.3, 0.4) is 0 Å². The number of benzene rings is 1. The molecular weight excluding hydrogens is 238 g/mol. The third-order valence-corrected chi connectivity index (χ3v) is 2.23. The molecule has 0 aliphatic rings. The molecule has 0 radical (unpaired) electrons. The lowest BCUT2D eigenvalue weighted by molar-refractivity contribution is -0.119. The highest BCUT2D eigenvalue weighted by atomic mass is 35.5. The van der Waals surface area contributed by atoms with Crippen molar-refractivity contribution in [1.82, 2.24) is 5.32 Å². The van der Waals surface area contributed by atoms with Gasteiger partial charge in [-0.3, -0.25) is 4.79 Å². The van der Waals surface area contributed by atoms with Crippen LogP contribution < -0.4 is 10.6 Å². The van der Waals surface area contributed by atoms with Crippen LogP contribution in [0.1, 0.15) is 19.4 Å². The third-order valence-electron chi connectivity index (χ3n) is 1.99. The molecule has 0 atom stereocenters. The van der Waals surface area contributed by atoms with Gasteiger partial charge >= 0.3 is 0 Å².